The molecule has 2 amide bonds. The highest BCUT2D eigenvalue weighted by atomic mass is 33.7. The number of carbonyl (C=O) groups is 2. The maximum atomic E-state index is 13.1. The van der Waals surface area contributed by atoms with Crippen molar-refractivity contribution >= 4 is 112 Å². The van der Waals surface area contributed by atoms with Crippen LogP contribution >= 0.6 is 75.3 Å². The predicted octanol–water partition coefficient (Wildman–Crippen LogP) is 6.06. The van der Waals surface area contributed by atoms with Gasteiger partial charge in [0.2, 0.25) is 0 Å². The summed E-state index contributed by atoms with van der Waals surface area (Å²) in [5.74, 6) is 2.00. The minimum absolute atomic E-state index is 0.119. The van der Waals surface area contributed by atoms with E-state index in [-0.39, 0.29) is 10.5 Å². The second-order valence-electron chi connectivity index (χ2n) is 11.8. The maximum absolute atomic E-state index is 13.1. The molecule has 0 aromatic rings. The average molecular weight is 785 g/mol. The van der Waals surface area contributed by atoms with E-state index in [1.165, 1.54) is 28.6 Å². The number of rotatable bonds is 15. The van der Waals surface area contributed by atoms with E-state index in [1.54, 1.807) is 42.7 Å². The Kier molecular flexibility index (Phi) is 13.0. The lowest BCUT2D eigenvalue weighted by atomic mass is 10.5. The summed E-state index contributed by atoms with van der Waals surface area (Å²) in [5, 5.41) is -0.238. The van der Waals surface area contributed by atoms with Gasteiger partial charge in [-0.15, -0.1) is 18.5 Å². The highest BCUT2D eigenvalue weighted by molar-refractivity contribution is 9.29. The molecule has 20 heteroatoms. The van der Waals surface area contributed by atoms with Crippen molar-refractivity contribution in [2.24, 2.45) is 0 Å². The van der Waals surface area contributed by atoms with Crippen molar-refractivity contribution < 1.29 is 36.1 Å². The zero-order chi connectivity index (χ0) is 32.5. The van der Waals surface area contributed by atoms with Crippen LogP contribution in [0.1, 0.15) is 12.8 Å². The number of nitrogens with one attached hydrogen (secondary N) is 2. The molecule has 2 aliphatic rings. The summed E-state index contributed by atoms with van der Waals surface area (Å²) in [5.41, 5.74) is 0. The van der Waals surface area contributed by atoms with Gasteiger partial charge in [0.25, 0.3) is 10.5 Å². The summed E-state index contributed by atoms with van der Waals surface area (Å²) >= 11 is 0. The first kappa shape index (κ1) is 39.9. The van der Waals surface area contributed by atoms with Gasteiger partial charge in [0.05, 0.1) is 0 Å². The van der Waals surface area contributed by atoms with Gasteiger partial charge in [-0.1, -0.05) is 0 Å². The molecule has 254 valence electrons. The molecule has 0 saturated carbocycles. The Morgan fingerprint density at radius 1 is 0.619 bits per heavy atom. The van der Waals surface area contributed by atoms with Crippen molar-refractivity contribution in [2.45, 2.75) is 12.8 Å². The first-order valence-corrected chi connectivity index (χ1v) is 32.9. The number of hydrogen-bond donors (Lipinski definition) is 2. The van der Waals surface area contributed by atoms with E-state index in [2.05, 4.69) is 59.5 Å². The topological polar surface area (TPSA) is 114 Å². The smallest absolute Gasteiger partial charge is 0.373 e. The zero-order valence-electron chi connectivity index (χ0n) is 27.4. The van der Waals surface area contributed by atoms with Crippen LogP contribution in [0.3, 0.4) is 0 Å². The van der Waals surface area contributed by atoms with Crippen LogP contribution in [0.15, 0.2) is 0 Å². The molecular weight excluding hydrogens is 733 g/mol. The molecule has 0 fully saturated rings. The molecule has 2 aliphatic heterocycles. The molecule has 0 spiro atoms. The number of carbonyl (C=O) groups excluding carboxylic acids is 2. The fourth-order valence-corrected chi connectivity index (χ4v) is 43.7. The molecule has 42 heavy (non-hydrogen) atoms. The molecule has 0 aromatic heterocycles. The van der Waals surface area contributed by atoms with Gasteiger partial charge in [-0.2, -0.15) is 0 Å². The molecule has 2 rings (SSSR count). The number of amides is 2. The molecule has 0 unspecified atom stereocenters. The third-order valence-electron chi connectivity index (χ3n) is 9.25. The van der Waals surface area contributed by atoms with Crippen LogP contribution in [0, 0.1) is 0 Å². The third-order valence-corrected chi connectivity index (χ3v) is 58.0. The number of hydrogen-bond acceptors (Lipinski definition) is 12. The van der Waals surface area contributed by atoms with Gasteiger partial charge >= 0.3 is 17.6 Å². The Hall–Kier alpha value is 1.67. The van der Waals surface area contributed by atoms with Crippen LogP contribution in [0.5, 0.6) is 0 Å². The van der Waals surface area contributed by atoms with Crippen molar-refractivity contribution in [1.82, 2.24) is 9.44 Å². The van der Waals surface area contributed by atoms with Gasteiger partial charge in [-0.25, -0.2) is 15.6 Å². The quantitative estimate of drug-likeness (QED) is 0.0872. The Balaban J connectivity index is 2.05. The lowest BCUT2D eigenvalue weighted by molar-refractivity contribution is 0.144. The third kappa shape index (κ3) is 6.54. The molecule has 2 N–H and O–H groups in total. The standard InChI is InChI=1S/C22H52N2O8S8Si2/c1-27-41(28-2,29-3)19-15-17-39(19,11,12)37(7,8)23-21(25)33-35-36-34-22(26)24-38(9,10)40(13,14)18-16-20(40)42(30-4,31-5)32-6/h15-18H2,1-14H3,(H,23,25)(H,24,26). The fourth-order valence-electron chi connectivity index (χ4n) is 5.37. The summed E-state index contributed by atoms with van der Waals surface area (Å²) in [7, 11) is 1.11. The summed E-state index contributed by atoms with van der Waals surface area (Å²) < 4.78 is 44.1. The highest BCUT2D eigenvalue weighted by Gasteiger charge is 2.59. The predicted molar refractivity (Wildman–Crippen MR) is 208 cm³/mol. The lowest BCUT2D eigenvalue weighted by Gasteiger charge is -2.67. The van der Waals surface area contributed by atoms with E-state index in [0.29, 0.717) is 0 Å². The van der Waals surface area contributed by atoms with Crippen LogP contribution in [0.4, 0.5) is 9.59 Å². The summed E-state index contributed by atoms with van der Waals surface area (Å²) in [4.78, 5) is 26.2. The minimum atomic E-state index is -2.95. The second-order valence-corrected chi connectivity index (χ2v) is 50.9. The van der Waals surface area contributed by atoms with Gasteiger partial charge in [0.15, 0.2) is 0 Å². The van der Waals surface area contributed by atoms with Crippen LogP contribution in [0.2, 0.25) is 0 Å². The molecule has 0 aromatic carbocycles. The molecule has 0 bridgehead atoms. The first-order chi connectivity index (χ1) is 19.1. The van der Waals surface area contributed by atoms with Gasteiger partial charge < -0.3 is 36.0 Å². The molecule has 10 nitrogen and oxygen atoms in total. The monoisotopic (exact) mass is 784 g/mol. The summed E-state index contributed by atoms with van der Waals surface area (Å²) in [6.45, 7) is 0. The maximum Gasteiger partial charge on any atom is 0.537 e. The minimum Gasteiger partial charge on any atom is -0.373 e. The Labute approximate surface area is 272 Å². The SMILES string of the molecule is CO[Si](OC)(OC)C1=S(C)(C)(S(C)(C)NC(=O)SSSSC(=O)NS(C)(C)S2(C)(C)=C([Si](OC)(OC)OC)CC2)CC1. The van der Waals surface area contributed by atoms with Crippen LogP contribution in [0.25, 0.3) is 0 Å². The first-order valence-electron chi connectivity index (χ1n) is 12.7. The Bertz CT molecular complexity index is 1100. The van der Waals surface area contributed by atoms with Crippen LogP contribution in [-0.4, -0.2) is 141 Å². The molecule has 0 radical (unpaired) electrons. The van der Waals surface area contributed by atoms with Gasteiger partial charge in [0.1, 0.15) is 0 Å². The largest absolute Gasteiger partial charge is 0.537 e. The molecule has 0 atom stereocenters. The summed E-state index contributed by atoms with van der Waals surface area (Å²) in [6, 6.07) is 0. The van der Waals surface area contributed by atoms with Crippen LogP contribution < -0.4 is 9.44 Å². The van der Waals surface area contributed by atoms with Gasteiger partial charge in [-0.05, 0) is 94.0 Å². The molecule has 0 saturated heterocycles. The lowest BCUT2D eigenvalue weighted by Crippen LogP contribution is -2.59. The van der Waals surface area contributed by atoms with Gasteiger partial charge in [0, 0.05) is 73.2 Å². The second kappa shape index (κ2) is 13.7. The van der Waals surface area contributed by atoms with Crippen molar-refractivity contribution in [2.75, 3.05) is 104 Å². The van der Waals surface area contributed by atoms with Crippen LogP contribution in [-0.2, 0) is 26.6 Å². The van der Waals surface area contributed by atoms with Crippen molar-refractivity contribution in [3.05, 3.63) is 0 Å². The van der Waals surface area contributed by atoms with Crippen molar-refractivity contribution in [1.29, 1.82) is 0 Å². The summed E-state index contributed by atoms with van der Waals surface area (Å²) in [6.07, 6.45) is 19.5. The highest BCUT2D eigenvalue weighted by Crippen LogP contribution is 2.85. The van der Waals surface area contributed by atoms with E-state index in [9.17, 15) is 9.59 Å². The van der Waals surface area contributed by atoms with E-state index >= 15 is 0 Å². The average Bonchev–Trinajstić information content (AvgIpc) is 2.90. The van der Waals surface area contributed by atoms with E-state index < -0.39 is 51.7 Å². The fraction of sp³-hybridized carbons (Fsp3) is 0.818. The molecular formula is C22H52N2O8S8Si2. The Morgan fingerprint density at radius 2 is 0.881 bits per heavy atom. The van der Waals surface area contributed by atoms with E-state index in [0.717, 1.165) is 45.9 Å². The molecule has 2 heterocycles. The zero-order valence-corrected chi connectivity index (χ0v) is 35.9. The van der Waals surface area contributed by atoms with Gasteiger partial charge in [-0.3, -0.25) is 9.59 Å². The Morgan fingerprint density at radius 3 is 1.07 bits per heavy atom. The van der Waals surface area contributed by atoms with Crippen molar-refractivity contribution in [3.8, 4) is 0 Å². The van der Waals surface area contributed by atoms with E-state index in [4.69, 9.17) is 26.6 Å². The van der Waals surface area contributed by atoms with E-state index in [1.807, 2.05) is 0 Å². The normalized spacial score (nSPS) is 24.0. The van der Waals surface area contributed by atoms with Crippen molar-refractivity contribution in [3.63, 3.8) is 0 Å². The molecule has 0 aliphatic carbocycles.